The van der Waals surface area contributed by atoms with E-state index < -0.39 is 0 Å². The Morgan fingerprint density at radius 2 is 1.96 bits per heavy atom. The minimum Gasteiger partial charge on any atom is -0.372 e. The molecule has 7 heteroatoms. The van der Waals surface area contributed by atoms with Crippen molar-refractivity contribution >= 4 is 56.4 Å². The van der Waals surface area contributed by atoms with Gasteiger partial charge in [-0.15, -0.1) is 0 Å². The zero-order chi connectivity index (χ0) is 17.8. The summed E-state index contributed by atoms with van der Waals surface area (Å²) < 4.78 is 0.780. The van der Waals surface area contributed by atoms with Gasteiger partial charge in [0.15, 0.2) is 5.11 Å². The van der Waals surface area contributed by atoms with E-state index in [9.17, 15) is 0 Å². The van der Waals surface area contributed by atoms with Gasteiger partial charge >= 0.3 is 0 Å². The molecule has 25 heavy (non-hydrogen) atoms. The van der Waals surface area contributed by atoms with Crippen molar-refractivity contribution in [2.75, 3.05) is 23.3 Å². The number of nitrogens with zero attached hydrogens (tertiary/aromatic N) is 2. The molecule has 1 aliphatic rings. The van der Waals surface area contributed by atoms with E-state index in [0.717, 1.165) is 23.3 Å². The smallest absolute Gasteiger partial charge is 0.172 e. The van der Waals surface area contributed by atoms with Crippen molar-refractivity contribution in [3.63, 3.8) is 0 Å². The first kappa shape index (κ1) is 18.4. The molecule has 1 aromatic carbocycles. The number of hydrogen-bond acceptors (Lipinski definition) is 3. The number of rotatable bonds is 4. The Morgan fingerprint density at radius 3 is 2.64 bits per heavy atom. The predicted octanol–water partition coefficient (Wildman–Crippen LogP) is 4.89. The highest BCUT2D eigenvalue weighted by molar-refractivity contribution is 9.10. The third kappa shape index (κ3) is 4.84. The highest BCUT2D eigenvalue weighted by Gasteiger charge is 2.12. The molecule has 0 saturated carbocycles. The number of thiocarbonyl (C=S) groups is 1. The summed E-state index contributed by atoms with van der Waals surface area (Å²) in [6.45, 7) is 4.84. The van der Waals surface area contributed by atoms with Crippen molar-refractivity contribution in [1.82, 2.24) is 10.3 Å². The number of benzene rings is 1. The molecule has 2 aromatic rings. The van der Waals surface area contributed by atoms with Gasteiger partial charge in [-0.1, -0.05) is 23.7 Å². The monoisotopic (exact) mass is 438 g/mol. The van der Waals surface area contributed by atoms with Gasteiger partial charge in [-0.3, -0.25) is 0 Å². The highest BCUT2D eigenvalue weighted by atomic mass is 79.9. The maximum Gasteiger partial charge on any atom is 0.172 e. The summed E-state index contributed by atoms with van der Waals surface area (Å²) >= 11 is 14.9. The topological polar surface area (TPSA) is 40.2 Å². The Balaban J connectivity index is 1.54. The fourth-order valence-electron chi connectivity index (χ4n) is 2.78. The molecule has 4 nitrogen and oxygen atoms in total. The fourth-order valence-corrected chi connectivity index (χ4v) is 3.65. The molecule has 0 atom stereocenters. The number of anilines is 2. The maximum absolute atomic E-state index is 6.05. The molecule has 0 spiro atoms. The van der Waals surface area contributed by atoms with E-state index in [1.54, 1.807) is 0 Å². The van der Waals surface area contributed by atoms with Crippen LogP contribution >= 0.6 is 39.7 Å². The molecule has 0 amide bonds. The quantitative estimate of drug-likeness (QED) is 0.664. The van der Waals surface area contributed by atoms with Crippen molar-refractivity contribution in [1.29, 1.82) is 0 Å². The van der Waals surface area contributed by atoms with Crippen LogP contribution in [0.1, 0.15) is 24.1 Å². The molecule has 1 aliphatic heterocycles. The van der Waals surface area contributed by atoms with Crippen LogP contribution in [0.15, 0.2) is 34.8 Å². The normalized spacial score (nSPS) is 13.8. The summed E-state index contributed by atoms with van der Waals surface area (Å²) in [4.78, 5) is 6.83. The van der Waals surface area contributed by atoms with Crippen molar-refractivity contribution in [3.05, 3.63) is 51.1 Å². The van der Waals surface area contributed by atoms with Gasteiger partial charge in [0.1, 0.15) is 5.82 Å². The van der Waals surface area contributed by atoms with Gasteiger partial charge < -0.3 is 15.5 Å². The molecule has 0 radical (unpaired) electrons. The lowest BCUT2D eigenvalue weighted by Gasteiger charge is -2.18. The Hall–Kier alpha value is -1.37. The van der Waals surface area contributed by atoms with Crippen LogP contribution in [0.25, 0.3) is 0 Å². The zero-order valence-corrected chi connectivity index (χ0v) is 17.1. The summed E-state index contributed by atoms with van der Waals surface area (Å²) in [5.74, 6) is 0.656. The number of aromatic nitrogens is 1. The van der Waals surface area contributed by atoms with E-state index in [1.165, 1.54) is 24.1 Å². The zero-order valence-electron chi connectivity index (χ0n) is 14.0. The van der Waals surface area contributed by atoms with Gasteiger partial charge in [0.25, 0.3) is 0 Å². The van der Waals surface area contributed by atoms with Crippen LogP contribution in [0.3, 0.4) is 0 Å². The van der Waals surface area contributed by atoms with Crippen LogP contribution in [0.5, 0.6) is 0 Å². The highest BCUT2D eigenvalue weighted by Crippen LogP contribution is 2.26. The molecule has 3 rings (SSSR count). The van der Waals surface area contributed by atoms with Gasteiger partial charge in [-0.05, 0) is 71.7 Å². The average molecular weight is 440 g/mol. The van der Waals surface area contributed by atoms with Gasteiger partial charge in [0.2, 0.25) is 0 Å². The average Bonchev–Trinajstić information content (AvgIpc) is 3.13. The number of halogens is 2. The molecule has 1 saturated heterocycles. The molecule has 0 bridgehead atoms. The minimum absolute atomic E-state index is 0.526. The van der Waals surface area contributed by atoms with E-state index >= 15 is 0 Å². The molecular formula is C18H20BrClN4S. The Bertz CT molecular complexity index is 760. The van der Waals surface area contributed by atoms with Crippen LogP contribution < -0.4 is 15.5 Å². The Kier molecular flexibility index (Phi) is 6.15. The summed E-state index contributed by atoms with van der Waals surface area (Å²) in [6.07, 6.45) is 2.58. The van der Waals surface area contributed by atoms with E-state index in [1.807, 2.05) is 13.0 Å². The first-order chi connectivity index (χ1) is 12.0. The summed E-state index contributed by atoms with van der Waals surface area (Å²) in [7, 11) is 0. The predicted molar refractivity (Wildman–Crippen MR) is 113 cm³/mol. The number of aryl methyl sites for hydroxylation is 1. The SMILES string of the molecule is Cc1nc(NC(=S)NCc2ccc(N3CCCC3)cc2)c(Br)cc1Cl. The van der Waals surface area contributed by atoms with Gasteiger partial charge in [-0.2, -0.15) is 0 Å². The standard InChI is InChI=1S/C18H20BrClN4S/c1-12-16(20)10-15(19)17(22-12)23-18(25)21-11-13-4-6-14(7-5-13)24-8-2-3-9-24/h4-7,10H,2-3,8-9,11H2,1H3,(H2,21,22,23,25). The molecule has 2 heterocycles. The van der Waals surface area contributed by atoms with Crippen LogP contribution in [0.2, 0.25) is 5.02 Å². The lowest BCUT2D eigenvalue weighted by atomic mass is 10.2. The minimum atomic E-state index is 0.526. The molecule has 0 unspecified atom stereocenters. The molecular weight excluding hydrogens is 420 g/mol. The van der Waals surface area contributed by atoms with Gasteiger partial charge in [0.05, 0.1) is 15.2 Å². The largest absolute Gasteiger partial charge is 0.372 e. The summed E-state index contributed by atoms with van der Waals surface area (Å²) in [6, 6.07) is 10.5. The molecule has 2 N–H and O–H groups in total. The van der Waals surface area contributed by atoms with Crippen molar-refractivity contribution in [2.24, 2.45) is 0 Å². The lowest BCUT2D eigenvalue weighted by molar-refractivity contribution is 0.919. The molecule has 1 aromatic heterocycles. The van der Waals surface area contributed by atoms with Crippen molar-refractivity contribution < 1.29 is 0 Å². The number of nitrogens with one attached hydrogen (secondary N) is 2. The third-order valence-corrected chi connectivity index (χ3v) is 5.43. The molecule has 1 fully saturated rings. The van der Waals surface area contributed by atoms with E-state index in [-0.39, 0.29) is 0 Å². The summed E-state index contributed by atoms with van der Waals surface area (Å²) in [5, 5.41) is 7.46. The van der Waals surface area contributed by atoms with Crippen LogP contribution in [0.4, 0.5) is 11.5 Å². The second-order valence-electron chi connectivity index (χ2n) is 6.05. The number of pyridine rings is 1. The third-order valence-electron chi connectivity index (χ3n) is 4.20. The van der Waals surface area contributed by atoms with Crippen molar-refractivity contribution in [3.8, 4) is 0 Å². The second kappa shape index (κ2) is 8.34. The van der Waals surface area contributed by atoms with Gasteiger partial charge in [0, 0.05) is 25.3 Å². The van der Waals surface area contributed by atoms with E-state index in [2.05, 4.69) is 60.7 Å². The van der Waals surface area contributed by atoms with Gasteiger partial charge in [-0.25, -0.2) is 4.98 Å². The molecule has 0 aliphatic carbocycles. The molecule has 132 valence electrons. The second-order valence-corrected chi connectivity index (χ2v) is 7.72. The number of hydrogen-bond donors (Lipinski definition) is 2. The van der Waals surface area contributed by atoms with E-state index in [0.29, 0.717) is 22.5 Å². The Morgan fingerprint density at radius 1 is 1.28 bits per heavy atom. The Labute approximate surface area is 167 Å². The maximum atomic E-state index is 6.05. The lowest BCUT2D eigenvalue weighted by Crippen LogP contribution is -2.28. The van der Waals surface area contributed by atoms with Crippen LogP contribution in [-0.2, 0) is 6.54 Å². The van der Waals surface area contributed by atoms with Crippen LogP contribution in [-0.4, -0.2) is 23.2 Å². The van der Waals surface area contributed by atoms with Crippen molar-refractivity contribution in [2.45, 2.75) is 26.3 Å². The first-order valence-corrected chi connectivity index (χ1v) is 9.82. The van der Waals surface area contributed by atoms with E-state index in [4.69, 9.17) is 23.8 Å². The summed E-state index contributed by atoms with van der Waals surface area (Å²) in [5.41, 5.74) is 3.24. The first-order valence-electron chi connectivity index (χ1n) is 8.24. The fraction of sp³-hybridized carbons (Fsp3) is 0.333. The van der Waals surface area contributed by atoms with Crippen LogP contribution in [0, 0.1) is 6.92 Å².